The number of hydrogen-bond acceptors (Lipinski definition) is 2. The lowest BCUT2D eigenvalue weighted by atomic mass is 10.2. The molecular formula is C8H6N2OS. The van der Waals surface area contributed by atoms with E-state index in [0.717, 1.165) is 5.69 Å². The van der Waals surface area contributed by atoms with E-state index in [1.807, 2.05) is 18.2 Å². The van der Waals surface area contributed by atoms with Crippen LogP contribution in [0.4, 0.5) is 0 Å². The first-order chi connectivity index (χ1) is 5.86. The molecule has 1 unspecified atom stereocenters. The molecule has 0 saturated heterocycles. The fraction of sp³-hybridized carbons (Fsp3) is 0. The minimum atomic E-state index is -1.19. The molecule has 1 atom stereocenters. The van der Waals surface area contributed by atoms with E-state index in [1.54, 1.807) is 17.7 Å². The van der Waals surface area contributed by atoms with Crippen LogP contribution in [0.25, 0.3) is 0 Å². The van der Waals surface area contributed by atoms with Gasteiger partial charge in [-0.05, 0) is 18.2 Å². The maximum atomic E-state index is 10.8. The molecule has 0 fully saturated rings. The Kier molecular flexibility index (Phi) is 1.83. The highest BCUT2D eigenvalue weighted by molar-refractivity contribution is 7.87. The summed E-state index contributed by atoms with van der Waals surface area (Å²) in [5, 5.41) is 1.55. The van der Waals surface area contributed by atoms with Crippen LogP contribution in [0.3, 0.4) is 0 Å². The summed E-state index contributed by atoms with van der Waals surface area (Å²) in [4.78, 5) is 4.08. The summed E-state index contributed by atoms with van der Waals surface area (Å²) in [7, 11) is -1.19. The van der Waals surface area contributed by atoms with Gasteiger partial charge in [-0.25, -0.2) is 4.21 Å². The predicted molar refractivity (Wildman–Crippen MR) is 48.1 cm³/mol. The minimum absolute atomic E-state index is 0.689. The van der Waals surface area contributed by atoms with Crippen molar-refractivity contribution >= 4 is 16.7 Å². The zero-order chi connectivity index (χ0) is 8.39. The van der Waals surface area contributed by atoms with Crippen molar-refractivity contribution in [1.29, 1.82) is 0 Å². The first-order valence-electron chi connectivity index (χ1n) is 3.45. The molecule has 2 heterocycles. The van der Waals surface area contributed by atoms with Gasteiger partial charge in [0.15, 0.2) is 11.0 Å². The summed E-state index contributed by atoms with van der Waals surface area (Å²) < 4.78 is 14.7. The SMILES string of the molecule is O=S1C=CC(c2ccccn2)=N1. The van der Waals surface area contributed by atoms with Crippen molar-refractivity contribution in [3.05, 3.63) is 41.6 Å². The molecule has 0 saturated carbocycles. The summed E-state index contributed by atoms with van der Waals surface area (Å²) >= 11 is 0. The molecule has 4 heteroatoms. The first-order valence-corrected chi connectivity index (χ1v) is 4.62. The third kappa shape index (κ3) is 1.33. The van der Waals surface area contributed by atoms with Crippen molar-refractivity contribution in [3.8, 4) is 0 Å². The predicted octanol–water partition coefficient (Wildman–Crippen LogP) is 1.06. The fourth-order valence-corrected chi connectivity index (χ4v) is 1.58. The molecule has 1 aromatic rings. The molecule has 0 bridgehead atoms. The van der Waals surface area contributed by atoms with Crippen LogP contribution in [0.5, 0.6) is 0 Å². The van der Waals surface area contributed by atoms with Crippen LogP contribution in [0.15, 0.2) is 40.3 Å². The van der Waals surface area contributed by atoms with Crippen molar-refractivity contribution in [1.82, 2.24) is 4.98 Å². The van der Waals surface area contributed by atoms with Gasteiger partial charge in [0.25, 0.3) is 0 Å². The average Bonchev–Trinajstić information content (AvgIpc) is 2.54. The highest BCUT2D eigenvalue weighted by Gasteiger charge is 2.07. The van der Waals surface area contributed by atoms with Crippen LogP contribution in [-0.4, -0.2) is 14.9 Å². The molecule has 0 spiro atoms. The molecule has 0 N–H and O–H groups in total. The van der Waals surface area contributed by atoms with Gasteiger partial charge in [0.2, 0.25) is 0 Å². The van der Waals surface area contributed by atoms with Crippen molar-refractivity contribution < 1.29 is 4.21 Å². The molecule has 12 heavy (non-hydrogen) atoms. The standard InChI is InChI=1S/C8H6N2OS/c11-12-6-4-8(10-12)7-3-1-2-5-9-7/h1-6H. The summed E-state index contributed by atoms with van der Waals surface area (Å²) in [5.41, 5.74) is 1.45. The van der Waals surface area contributed by atoms with Gasteiger partial charge in [0.05, 0.1) is 5.69 Å². The molecule has 0 radical (unpaired) electrons. The second-order valence-corrected chi connectivity index (χ2v) is 3.28. The number of rotatable bonds is 1. The zero-order valence-electron chi connectivity index (χ0n) is 6.18. The Balaban J connectivity index is 2.40. The third-order valence-corrected chi connectivity index (χ3v) is 2.20. The monoisotopic (exact) mass is 178 g/mol. The van der Waals surface area contributed by atoms with Gasteiger partial charge in [-0.2, -0.15) is 4.40 Å². The van der Waals surface area contributed by atoms with Gasteiger partial charge in [-0.3, -0.25) is 4.98 Å². The van der Waals surface area contributed by atoms with Crippen LogP contribution in [0.1, 0.15) is 5.69 Å². The maximum absolute atomic E-state index is 10.8. The van der Waals surface area contributed by atoms with Crippen LogP contribution in [0.2, 0.25) is 0 Å². The van der Waals surface area contributed by atoms with E-state index in [2.05, 4.69) is 9.38 Å². The lowest BCUT2D eigenvalue weighted by Crippen LogP contribution is -1.96. The molecule has 3 nitrogen and oxygen atoms in total. The molecule has 60 valence electrons. The Hall–Kier alpha value is -1.29. The van der Waals surface area contributed by atoms with E-state index in [0.29, 0.717) is 5.71 Å². The first kappa shape index (κ1) is 7.36. The Morgan fingerprint density at radius 2 is 2.25 bits per heavy atom. The lowest BCUT2D eigenvalue weighted by Gasteiger charge is -1.93. The number of nitrogens with zero attached hydrogens (tertiary/aromatic N) is 2. The summed E-state index contributed by atoms with van der Waals surface area (Å²) in [5.74, 6) is 0. The molecule has 1 aromatic heterocycles. The van der Waals surface area contributed by atoms with Crippen molar-refractivity contribution in [3.63, 3.8) is 0 Å². The number of allylic oxidation sites excluding steroid dienone is 1. The van der Waals surface area contributed by atoms with Crippen LogP contribution < -0.4 is 0 Å². The maximum Gasteiger partial charge on any atom is 0.165 e. The van der Waals surface area contributed by atoms with Gasteiger partial charge < -0.3 is 0 Å². The second-order valence-electron chi connectivity index (χ2n) is 2.27. The minimum Gasteiger partial charge on any atom is -0.255 e. The average molecular weight is 178 g/mol. The van der Waals surface area contributed by atoms with E-state index in [4.69, 9.17) is 0 Å². The van der Waals surface area contributed by atoms with Crippen LogP contribution in [0, 0.1) is 0 Å². The summed E-state index contributed by atoms with van der Waals surface area (Å²) in [6.45, 7) is 0. The lowest BCUT2D eigenvalue weighted by molar-refractivity contribution is 0.690. The van der Waals surface area contributed by atoms with E-state index in [1.165, 1.54) is 0 Å². The molecule has 1 aliphatic rings. The Bertz CT molecular complexity index is 370. The molecule has 0 aromatic carbocycles. The highest BCUT2D eigenvalue weighted by atomic mass is 32.2. The Labute approximate surface area is 72.5 Å². The second kappa shape index (κ2) is 2.98. The highest BCUT2D eigenvalue weighted by Crippen LogP contribution is 2.06. The van der Waals surface area contributed by atoms with Gasteiger partial charge in [0.1, 0.15) is 5.71 Å². The largest absolute Gasteiger partial charge is 0.255 e. The van der Waals surface area contributed by atoms with Gasteiger partial charge in [0, 0.05) is 11.6 Å². The third-order valence-electron chi connectivity index (χ3n) is 1.46. The van der Waals surface area contributed by atoms with Crippen molar-refractivity contribution in [2.24, 2.45) is 4.40 Å². The van der Waals surface area contributed by atoms with Crippen LogP contribution >= 0.6 is 0 Å². The summed E-state index contributed by atoms with van der Waals surface area (Å²) in [6, 6.07) is 5.55. The van der Waals surface area contributed by atoms with Crippen molar-refractivity contribution in [2.45, 2.75) is 0 Å². The molecular weight excluding hydrogens is 172 g/mol. The molecule has 0 aliphatic carbocycles. The Morgan fingerprint density at radius 3 is 2.83 bits per heavy atom. The zero-order valence-corrected chi connectivity index (χ0v) is 6.99. The quantitative estimate of drug-likeness (QED) is 0.645. The van der Waals surface area contributed by atoms with Crippen LogP contribution in [-0.2, 0) is 11.0 Å². The van der Waals surface area contributed by atoms with E-state index < -0.39 is 11.0 Å². The van der Waals surface area contributed by atoms with Crippen molar-refractivity contribution in [2.75, 3.05) is 0 Å². The van der Waals surface area contributed by atoms with Gasteiger partial charge >= 0.3 is 0 Å². The smallest absolute Gasteiger partial charge is 0.165 e. The topological polar surface area (TPSA) is 42.3 Å². The van der Waals surface area contributed by atoms with E-state index in [-0.39, 0.29) is 0 Å². The molecule has 1 aliphatic heterocycles. The van der Waals surface area contributed by atoms with E-state index in [9.17, 15) is 4.21 Å². The number of hydrogen-bond donors (Lipinski definition) is 0. The van der Waals surface area contributed by atoms with E-state index >= 15 is 0 Å². The summed E-state index contributed by atoms with van der Waals surface area (Å²) in [6.07, 6.45) is 3.41. The molecule has 2 rings (SSSR count). The molecule has 0 amide bonds. The number of pyridine rings is 1. The normalized spacial score (nSPS) is 21.0. The van der Waals surface area contributed by atoms with Gasteiger partial charge in [-0.1, -0.05) is 6.07 Å². The fourth-order valence-electron chi connectivity index (χ4n) is 0.927. The Morgan fingerprint density at radius 1 is 1.33 bits per heavy atom. The van der Waals surface area contributed by atoms with Gasteiger partial charge in [-0.15, -0.1) is 0 Å². The number of aromatic nitrogens is 1.